The summed E-state index contributed by atoms with van der Waals surface area (Å²) >= 11 is 2.40. The van der Waals surface area contributed by atoms with Crippen molar-refractivity contribution in [2.75, 3.05) is 6.61 Å². The quantitative estimate of drug-likeness (QED) is 0.377. The van der Waals surface area contributed by atoms with Crippen LogP contribution in [0.1, 0.15) is 20.8 Å². The minimum atomic E-state index is -1.70. The fourth-order valence-corrected chi connectivity index (χ4v) is 4.47. The van der Waals surface area contributed by atoms with Crippen LogP contribution >= 0.6 is 22.6 Å². The van der Waals surface area contributed by atoms with Crippen molar-refractivity contribution < 1.29 is 4.43 Å². The van der Waals surface area contributed by atoms with Gasteiger partial charge in [-0.1, -0.05) is 20.8 Å². The number of hydrogen-bond acceptors (Lipinski definition) is 3. The topological polar surface area (TPSA) is 44.9 Å². The second kappa shape index (κ2) is 7.08. The molecule has 0 spiro atoms. The third-order valence-electron chi connectivity index (χ3n) is 5.29. The van der Waals surface area contributed by atoms with Crippen molar-refractivity contribution in [3.8, 4) is 11.4 Å². The maximum Gasteiger partial charge on any atom is 0.192 e. The van der Waals surface area contributed by atoms with E-state index in [0.29, 0.717) is 0 Å². The smallest absolute Gasteiger partial charge is 0.192 e. The Kier molecular flexibility index (Phi) is 5.33. The molecule has 2 heterocycles. The molecule has 0 unspecified atom stereocenters. The molecule has 0 radical (unpaired) electrons. The number of nitrogens with zero attached hydrogens (tertiary/aromatic N) is 4. The van der Waals surface area contributed by atoms with Gasteiger partial charge in [0.25, 0.3) is 0 Å². The average Bonchev–Trinajstić information content (AvgIpc) is 3.10. The lowest BCUT2D eigenvalue weighted by atomic mass is 10.1. The molecule has 0 saturated carbocycles. The first-order valence-corrected chi connectivity index (χ1v) is 12.9. The van der Waals surface area contributed by atoms with Gasteiger partial charge in [-0.25, -0.2) is 4.98 Å². The summed E-state index contributed by atoms with van der Waals surface area (Å²) < 4.78 is 11.6. The second-order valence-electron chi connectivity index (χ2n) is 8.25. The van der Waals surface area contributed by atoms with Crippen LogP contribution in [-0.4, -0.2) is 34.3 Å². The van der Waals surface area contributed by atoms with E-state index in [0.717, 1.165) is 24.5 Å². The summed E-state index contributed by atoms with van der Waals surface area (Å²) in [6.07, 6.45) is 3.93. The van der Waals surface area contributed by atoms with Crippen molar-refractivity contribution in [1.82, 2.24) is 19.3 Å². The number of aromatic nitrogens is 4. The van der Waals surface area contributed by atoms with E-state index in [1.165, 1.54) is 14.5 Å². The van der Waals surface area contributed by atoms with Gasteiger partial charge in [-0.3, -0.25) is 4.68 Å². The van der Waals surface area contributed by atoms with Crippen molar-refractivity contribution in [1.29, 1.82) is 0 Å². The summed E-state index contributed by atoms with van der Waals surface area (Å²) in [5.74, 6) is 0.763. The lowest BCUT2D eigenvalue weighted by molar-refractivity contribution is 0.273. The van der Waals surface area contributed by atoms with Crippen LogP contribution in [0, 0.1) is 3.57 Å². The number of aryl methyl sites for hydroxylation is 1. The first kappa shape index (κ1) is 19.6. The van der Waals surface area contributed by atoms with Crippen LogP contribution in [0.3, 0.4) is 0 Å². The molecule has 0 aliphatic rings. The summed E-state index contributed by atoms with van der Waals surface area (Å²) in [4.78, 5) is 4.36. The molecular weight excluding hydrogens is 455 g/mol. The van der Waals surface area contributed by atoms with Gasteiger partial charge in [0, 0.05) is 39.8 Å². The van der Waals surface area contributed by atoms with Crippen LogP contribution in [0.4, 0.5) is 0 Å². The molecule has 0 bridgehead atoms. The molecule has 0 atom stereocenters. The Hall–Kier alpha value is -1.19. The van der Waals surface area contributed by atoms with Gasteiger partial charge in [0.05, 0.1) is 6.61 Å². The zero-order chi connectivity index (χ0) is 19.1. The van der Waals surface area contributed by atoms with Crippen LogP contribution in [0.2, 0.25) is 18.1 Å². The van der Waals surface area contributed by atoms with Crippen LogP contribution < -0.4 is 0 Å². The molecule has 0 N–H and O–H groups in total. The molecule has 0 aliphatic heterocycles. The summed E-state index contributed by atoms with van der Waals surface area (Å²) in [6, 6.07) is 6.44. The van der Waals surface area contributed by atoms with E-state index < -0.39 is 8.32 Å². The van der Waals surface area contributed by atoms with E-state index in [9.17, 15) is 0 Å². The lowest BCUT2D eigenvalue weighted by Crippen LogP contribution is -2.41. The summed E-state index contributed by atoms with van der Waals surface area (Å²) in [5.41, 5.74) is 2.28. The number of rotatable bonds is 5. The molecule has 0 saturated heterocycles. The molecule has 0 aliphatic carbocycles. The van der Waals surface area contributed by atoms with E-state index >= 15 is 0 Å². The number of benzene rings is 1. The van der Waals surface area contributed by atoms with Gasteiger partial charge in [0.15, 0.2) is 14.1 Å². The van der Waals surface area contributed by atoms with Crippen LogP contribution in [0.5, 0.6) is 0 Å². The molecule has 5 nitrogen and oxygen atoms in total. The molecule has 3 aromatic rings. The van der Waals surface area contributed by atoms with Gasteiger partial charge in [0.2, 0.25) is 0 Å². The van der Waals surface area contributed by atoms with Crippen molar-refractivity contribution in [3.05, 3.63) is 34.3 Å². The highest BCUT2D eigenvalue weighted by atomic mass is 127. The molecule has 0 fully saturated rings. The second-order valence-corrected chi connectivity index (χ2v) is 14.2. The highest BCUT2D eigenvalue weighted by molar-refractivity contribution is 14.1. The van der Waals surface area contributed by atoms with Crippen molar-refractivity contribution in [2.24, 2.45) is 7.05 Å². The SMILES string of the molecule is Cn1cnc(-c2ccc3c(c2)c(I)cn3CCO[Si](C)(C)C(C)(C)C)n1. The van der Waals surface area contributed by atoms with Gasteiger partial charge in [-0.2, -0.15) is 5.10 Å². The molecule has 26 heavy (non-hydrogen) atoms. The van der Waals surface area contributed by atoms with E-state index in [1.54, 1.807) is 11.0 Å². The monoisotopic (exact) mass is 482 g/mol. The van der Waals surface area contributed by atoms with E-state index in [-0.39, 0.29) is 5.04 Å². The fourth-order valence-electron chi connectivity index (χ4n) is 2.66. The largest absolute Gasteiger partial charge is 0.415 e. The Morgan fingerprint density at radius 3 is 2.58 bits per heavy atom. The minimum Gasteiger partial charge on any atom is -0.415 e. The molecule has 3 rings (SSSR count). The molecule has 140 valence electrons. The third-order valence-corrected chi connectivity index (χ3v) is 10.7. The Balaban J connectivity index is 1.80. The lowest BCUT2D eigenvalue weighted by Gasteiger charge is -2.36. The Bertz CT molecular complexity index is 923. The number of halogens is 1. The normalized spacial score (nSPS) is 12.9. The Morgan fingerprint density at radius 1 is 1.23 bits per heavy atom. The maximum atomic E-state index is 6.34. The molecule has 2 aromatic heterocycles. The predicted octanol–water partition coefficient (Wildman–Crippen LogP) is 5.06. The maximum absolute atomic E-state index is 6.34. The number of fused-ring (bicyclic) bond motifs is 1. The van der Waals surface area contributed by atoms with Crippen molar-refractivity contribution in [3.63, 3.8) is 0 Å². The fraction of sp³-hybridized carbons (Fsp3) is 0.474. The third kappa shape index (κ3) is 3.89. The Labute approximate surface area is 170 Å². The van der Waals surface area contributed by atoms with Crippen LogP contribution in [-0.2, 0) is 18.0 Å². The van der Waals surface area contributed by atoms with Gasteiger partial charge in [-0.15, -0.1) is 0 Å². The highest BCUT2D eigenvalue weighted by Crippen LogP contribution is 2.36. The van der Waals surface area contributed by atoms with Crippen molar-refractivity contribution >= 4 is 41.8 Å². The van der Waals surface area contributed by atoms with Crippen LogP contribution in [0.15, 0.2) is 30.7 Å². The summed E-state index contributed by atoms with van der Waals surface area (Å²) in [6.45, 7) is 13.1. The summed E-state index contributed by atoms with van der Waals surface area (Å²) in [7, 11) is 0.182. The molecule has 1 aromatic carbocycles. The first-order valence-electron chi connectivity index (χ1n) is 8.87. The molecular formula is C19H27IN4OSi. The predicted molar refractivity (Wildman–Crippen MR) is 118 cm³/mol. The van der Waals surface area contributed by atoms with Crippen LogP contribution in [0.25, 0.3) is 22.3 Å². The average molecular weight is 482 g/mol. The zero-order valence-corrected chi connectivity index (χ0v) is 19.5. The number of hydrogen-bond donors (Lipinski definition) is 0. The molecule has 0 amide bonds. The minimum absolute atomic E-state index is 0.241. The molecule has 7 heteroatoms. The van der Waals surface area contributed by atoms with E-state index in [4.69, 9.17) is 4.43 Å². The highest BCUT2D eigenvalue weighted by Gasteiger charge is 2.36. The summed E-state index contributed by atoms with van der Waals surface area (Å²) in [5, 5.41) is 5.88. The zero-order valence-electron chi connectivity index (χ0n) is 16.4. The van der Waals surface area contributed by atoms with E-state index in [1.807, 2.05) is 7.05 Å². The standard InChI is InChI=1S/C19H27IN4OSi/c1-19(2,3)26(5,6)25-10-9-24-12-16(20)15-11-14(7-8-17(15)24)18-21-13-23(4)22-18/h7-8,11-13H,9-10H2,1-6H3. The van der Waals surface area contributed by atoms with Gasteiger partial charge in [0.1, 0.15) is 6.33 Å². The first-order chi connectivity index (χ1) is 12.1. The van der Waals surface area contributed by atoms with Gasteiger partial charge in [-0.05, 0) is 58.9 Å². The Morgan fingerprint density at radius 2 is 1.96 bits per heavy atom. The van der Waals surface area contributed by atoms with Gasteiger partial charge >= 0.3 is 0 Å². The van der Waals surface area contributed by atoms with Gasteiger partial charge < -0.3 is 8.99 Å². The van der Waals surface area contributed by atoms with Crippen molar-refractivity contribution in [2.45, 2.75) is 45.4 Å². The van der Waals surface area contributed by atoms with E-state index in [2.05, 4.69) is 95.5 Å².